The van der Waals surface area contributed by atoms with Crippen LogP contribution in [0.2, 0.25) is 0 Å². The van der Waals surface area contributed by atoms with E-state index in [1.807, 2.05) is 6.07 Å². The second-order valence-electron chi connectivity index (χ2n) is 1.47. The predicted molar refractivity (Wildman–Crippen MR) is 40.9 cm³/mol. The van der Waals surface area contributed by atoms with Gasteiger partial charge in [0.15, 0.2) is 0 Å². The van der Waals surface area contributed by atoms with Crippen LogP contribution >= 0.6 is 0 Å². The molecule has 0 amide bonds. The van der Waals surface area contributed by atoms with Gasteiger partial charge in [-0.2, -0.15) is 0 Å². The van der Waals surface area contributed by atoms with Gasteiger partial charge in [-0.15, -0.1) is 0 Å². The summed E-state index contributed by atoms with van der Waals surface area (Å²) in [4.78, 5) is 4.26. The molecule has 0 bridgehead atoms. The summed E-state index contributed by atoms with van der Waals surface area (Å²) in [5.41, 5.74) is 0. The first kappa shape index (κ1) is 7.91. The van der Waals surface area contributed by atoms with Gasteiger partial charge in [-0.1, -0.05) is 0 Å². The van der Waals surface area contributed by atoms with E-state index in [1.165, 1.54) is 3.34 Å². The molecule has 0 N–H and O–H groups in total. The fourth-order valence-electron chi connectivity index (χ4n) is 0.551. The topological polar surface area (TPSA) is 33.0 Å². The zero-order valence-electron chi connectivity index (χ0n) is 5.33. The minimum atomic E-state index is -0.00512. The van der Waals surface area contributed by atoms with Crippen molar-refractivity contribution in [1.82, 2.24) is 0 Å². The minimum absolute atomic E-state index is 0.00512. The second-order valence-corrected chi connectivity index (χ2v) is 6.37. The summed E-state index contributed by atoms with van der Waals surface area (Å²) in [7, 11) is 1.65. The summed E-state index contributed by atoms with van der Waals surface area (Å²) in [6.45, 7) is 0. The summed E-state index contributed by atoms with van der Waals surface area (Å²) in [5, 5.41) is 8.41. The average Bonchev–Trinajstić information content (AvgIpc) is 2.36. The molecule has 0 aliphatic carbocycles. The van der Waals surface area contributed by atoms with Crippen molar-refractivity contribution in [3.05, 3.63) is 11.0 Å². The molecule has 0 atom stereocenters. The molecule has 0 fully saturated rings. The van der Waals surface area contributed by atoms with E-state index in [0.29, 0.717) is 14.5 Å². The molecule has 0 aliphatic rings. The molecular formula is C6H5NOSe2. The molecule has 4 heteroatoms. The average molecular weight is 265 g/mol. The Bertz CT molecular complexity index is 250. The van der Waals surface area contributed by atoms with Gasteiger partial charge in [-0.05, 0) is 0 Å². The van der Waals surface area contributed by atoms with Crippen LogP contribution in [0, 0.1) is 10.2 Å². The molecule has 0 aromatic carbocycles. The van der Waals surface area contributed by atoms with Crippen molar-refractivity contribution in [1.29, 1.82) is 5.26 Å². The van der Waals surface area contributed by atoms with Crippen LogP contribution in [0.4, 0.5) is 0 Å². The number of methoxy groups -OCH3 is 1. The van der Waals surface area contributed by atoms with E-state index in [2.05, 4.69) is 9.91 Å². The number of nitrogens with zero attached hydrogens (tertiary/aromatic N) is 1. The number of hydrogen-bond acceptors (Lipinski definition) is 2. The Kier molecular flexibility index (Phi) is 3.05. The Morgan fingerprint density at radius 3 is 3.20 bits per heavy atom. The third-order valence-electron chi connectivity index (χ3n) is 0.954. The summed E-state index contributed by atoms with van der Waals surface area (Å²) in [6, 6.07) is 1.95. The van der Waals surface area contributed by atoms with Crippen LogP contribution in [-0.2, 0) is 0 Å². The Hall–Kier alpha value is -0.191. The van der Waals surface area contributed by atoms with Crippen LogP contribution in [0.3, 0.4) is 0 Å². The van der Waals surface area contributed by atoms with E-state index in [1.54, 1.807) is 7.11 Å². The number of nitriles is 1. The van der Waals surface area contributed by atoms with Crippen molar-refractivity contribution in [2.45, 2.75) is 0 Å². The van der Waals surface area contributed by atoms with E-state index in [4.69, 9.17) is 10.00 Å². The van der Waals surface area contributed by atoms with Gasteiger partial charge in [0.05, 0.1) is 0 Å². The fourth-order valence-corrected chi connectivity index (χ4v) is 4.11. The van der Waals surface area contributed by atoms with E-state index < -0.39 is 0 Å². The first-order chi connectivity index (χ1) is 4.88. The van der Waals surface area contributed by atoms with E-state index >= 15 is 0 Å². The van der Waals surface area contributed by atoms with Gasteiger partial charge >= 0.3 is 71.6 Å². The molecule has 0 unspecified atom stereocenters. The van der Waals surface area contributed by atoms with Crippen molar-refractivity contribution < 1.29 is 4.74 Å². The molecule has 2 nitrogen and oxygen atoms in total. The number of hydrogen-bond donors (Lipinski definition) is 0. The Labute approximate surface area is 71.7 Å². The van der Waals surface area contributed by atoms with Crippen molar-refractivity contribution in [3.8, 4) is 10.7 Å². The van der Waals surface area contributed by atoms with Crippen LogP contribution in [0.25, 0.3) is 0 Å². The Balaban J connectivity index is 2.82. The standard InChI is InChI=1S/C6H5NOSe2/c1-8-5-2-3-9-6(5)10-4-7/h2-3H,1H3. The van der Waals surface area contributed by atoms with Gasteiger partial charge in [-0.25, -0.2) is 0 Å². The molecule has 1 aromatic heterocycles. The third kappa shape index (κ3) is 1.65. The summed E-state index contributed by atoms with van der Waals surface area (Å²) >= 11 is 0.385. The molecule has 1 heterocycles. The van der Waals surface area contributed by atoms with E-state index in [-0.39, 0.29) is 15.0 Å². The Morgan fingerprint density at radius 1 is 1.80 bits per heavy atom. The molecule has 1 rings (SSSR count). The monoisotopic (exact) mass is 267 g/mol. The van der Waals surface area contributed by atoms with Crippen molar-refractivity contribution in [2.24, 2.45) is 0 Å². The van der Waals surface area contributed by atoms with Crippen LogP contribution in [0.5, 0.6) is 5.75 Å². The maximum atomic E-state index is 8.41. The van der Waals surface area contributed by atoms with Crippen LogP contribution in [-0.4, -0.2) is 36.6 Å². The molecule has 52 valence electrons. The van der Waals surface area contributed by atoms with Crippen LogP contribution in [0.1, 0.15) is 0 Å². The molecule has 0 radical (unpaired) electrons. The SMILES string of the molecule is COc1cc[se]c1[Se]C#N. The van der Waals surface area contributed by atoms with E-state index in [0.717, 1.165) is 5.75 Å². The molecule has 10 heavy (non-hydrogen) atoms. The zero-order chi connectivity index (χ0) is 7.40. The molecule has 0 spiro atoms. The summed E-state index contributed by atoms with van der Waals surface area (Å²) in [6.07, 6.45) is 0. The van der Waals surface area contributed by atoms with Gasteiger partial charge < -0.3 is 0 Å². The Morgan fingerprint density at radius 2 is 2.60 bits per heavy atom. The van der Waals surface area contributed by atoms with Crippen LogP contribution < -0.4 is 8.07 Å². The number of ether oxygens (including phenoxy) is 1. The molecular weight excluding hydrogens is 260 g/mol. The molecule has 0 aliphatic heterocycles. The predicted octanol–water partition coefficient (Wildman–Crippen LogP) is -0.437. The molecule has 0 saturated carbocycles. The summed E-state index contributed by atoms with van der Waals surface area (Å²) in [5.74, 6) is 0.918. The molecule has 1 aromatic rings. The van der Waals surface area contributed by atoms with Crippen LogP contribution in [0.15, 0.2) is 11.0 Å². The third-order valence-corrected chi connectivity index (χ3v) is 5.36. The van der Waals surface area contributed by atoms with Gasteiger partial charge in [-0.3, -0.25) is 0 Å². The van der Waals surface area contributed by atoms with Crippen molar-refractivity contribution in [3.63, 3.8) is 0 Å². The first-order valence-electron chi connectivity index (χ1n) is 2.56. The van der Waals surface area contributed by atoms with Crippen molar-refractivity contribution in [2.75, 3.05) is 7.11 Å². The van der Waals surface area contributed by atoms with Gasteiger partial charge in [0.1, 0.15) is 0 Å². The quantitative estimate of drug-likeness (QED) is 0.679. The second kappa shape index (κ2) is 3.85. The first-order valence-corrected chi connectivity index (χ1v) is 6.11. The van der Waals surface area contributed by atoms with Crippen molar-refractivity contribution >= 4 is 32.8 Å². The van der Waals surface area contributed by atoms with Gasteiger partial charge in [0.2, 0.25) is 0 Å². The maximum absolute atomic E-state index is 8.41. The van der Waals surface area contributed by atoms with Gasteiger partial charge in [0, 0.05) is 0 Å². The summed E-state index contributed by atoms with van der Waals surface area (Å²) < 4.78 is 6.26. The zero-order valence-corrected chi connectivity index (χ0v) is 8.75. The fraction of sp³-hybridized carbons (Fsp3) is 0.167. The van der Waals surface area contributed by atoms with E-state index in [9.17, 15) is 0 Å². The number of rotatable bonds is 2. The molecule has 0 saturated heterocycles. The normalized spacial score (nSPS) is 8.80. The van der Waals surface area contributed by atoms with Gasteiger partial charge in [0.25, 0.3) is 0 Å².